The molecule has 6 heteroatoms. The van der Waals surface area contributed by atoms with Gasteiger partial charge in [0.05, 0.1) is 5.92 Å². The van der Waals surface area contributed by atoms with Crippen molar-refractivity contribution < 1.29 is 14.7 Å². The molecule has 24 heavy (non-hydrogen) atoms. The van der Waals surface area contributed by atoms with E-state index in [-0.39, 0.29) is 23.4 Å². The first-order chi connectivity index (χ1) is 11.5. The molecule has 2 aliphatic carbocycles. The Kier molecular flexibility index (Phi) is 4.99. The van der Waals surface area contributed by atoms with E-state index < -0.39 is 5.97 Å². The van der Waals surface area contributed by atoms with Crippen molar-refractivity contribution >= 4 is 23.6 Å². The summed E-state index contributed by atoms with van der Waals surface area (Å²) in [6.45, 7) is 0.616. The lowest BCUT2D eigenvalue weighted by molar-refractivity contribution is -0.142. The molecule has 0 heterocycles. The third-order valence-electron chi connectivity index (χ3n) is 5.31. The van der Waals surface area contributed by atoms with Gasteiger partial charge in [0, 0.05) is 23.0 Å². The second-order valence-corrected chi connectivity index (χ2v) is 7.44. The number of carboxylic acids is 1. The molecule has 0 saturated heterocycles. The zero-order valence-electron chi connectivity index (χ0n) is 13.6. The number of halogens is 1. The summed E-state index contributed by atoms with van der Waals surface area (Å²) in [4.78, 5) is 23.1. The predicted octanol–water partition coefficient (Wildman–Crippen LogP) is 3.31. The maximum atomic E-state index is 12.1. The van der Waals surface area contributed by atoms with Crippen LogP contribution in [0.1, 0.15) is 44.1 Å². The second-order valence-electron chi connectivity index (χ2n) is 7.00. The normalized spacial score (nSPS) is 24.9. The highest BCUT2D eigenvalue weighted by Gasteiger charge is 2.44. The fourth-order valence-electron chi connectivity index (χ4n) is 3.49. The van der Waals surface area contributed by atoms with E-state index in [9.17, 15) is 9.59 Å². The van der Waals surface area contributed by atoms with Crippen LogP contribution in [0.2, 0.25) is 5.02 Å². The Labute approximate surface area is 146 Å². The van der Waals surface area contributed by atoms with Gasteiger partial charge in [0.15, 0.2) is 0 Å². The summed E-state index contributed by atoms with van der Waals surface area (Å²) in [5.41, 5.74) is 1.26. The van der Waals surface area contributed by atoms with Crippen LogP contribution in [0.3, 0.4) is 0 Å². The Morgan fingerprint density at radius 2 is 1.75 bits per heavy atom. The molecule has 1 aromatic carbocycles. The van der Waals surface area contributed by atoms with E-state index in [1.165, 1.54) is 5.56 Å². The number of hydrogen-bond acceptors (Lipinski definition) is 2. The van der Waals surface area contributed by atoms with Gasteiger partial charge in [0.1, 0.15) is 0 Å². The lowest BCUT2D eigenvalue weighted by Crippen LogP contribution is -2.46. The Balaban J connectivity index is 1.45. The van der Waals surface area contributed by atoms with Crippen LogP contribution in [0.5, 0.6) is 0 Å². The van der Waals surface area contributed by atoms with Gasteiger partial charge >= 0.3 is 12.0 Å². The number of carbonyl (C=O) groups excluding carboxylic acids is 1. The molecular weight excluding hydrogens is 328 g/mol. The third-order valence-corrected chi connectivity index (χ3v) is 5.56. The van der Waals surface area contributed by atoms with Crippen LogP contribution < -0.4 is 10.6 Å². The molecule has 0 unspecified atom stereocenters. The van der Waals surface area contributed by atoms with Crippen molar-refractivity contribution in [2.24, 2.45) is 5.92 Å². The number of urea groups is 1. The van der Waals surface area contributed by atoms with Crippen molar-refractivity contribution in [2.75, 3.05) is 6.54 Å². The predicted molar refractivity (Wildman–Crippen MR) is 92.3 cm³/mol. The summed E-state index contributed by atoms with van der Waals surface area (Å²) in [6.07, 6.45) is 4.86. The number of nitrogens with one attached hydrogen (secondary N) is 2. The Morgan fingerprint density at radius 1 is 1.12 bits per heavy atom. The highest BCUT2D eigenvalue weighted by Crippen LogP contribution is 2.47. The smallest absolute Gasteiger partial charge is 0.315 e. The zero-order valence-corrected chi connectivity index (χ0v) is 14.3. The Morgan fingerprint density at radius 3 is 2.29 bits per heavy atom. The third kappa shape index (κ3) is 4.01. The van der Waals surface area contributed by atoms with E-state index in [1.54, 1.807) is 0 Å². The molecule has 3 N–H and O–H groups in total. The maximum absolute atomic E-state index is 12.1. The van der Waals surface area contributed by atoms with Crippen molar-refractivity contribution in [1.82, 2.24) is 10.6 Å². The van der Waals surface area contributed by atoms with E-state index in [2.05, 4.69) is 10.6 Å². The lowest BCUT2D eigenvalue weighted by Gasteiger charge is -2.27. The molecule has 2 saturated carbocycles. The van der Waals surface area contributed by atoms with Gasteiger partial charge in [-0.2, -0.15) is 0 Å². The van der Waals surface area contributed by atoms with E-state index in [1.807, 2.05) is 24.3 Å². The molecule has 0 atom stereocenters. The summed E-state index contributed by atoms with van der Waals surface area (Å²) in [5.74, 6) is -0.984. The SMILES string of the molecule is O=C(NCC1(c2ccc(Cl)cc2)CC1)NC1CCC(C(=O)O)CC1. The summed E-state index contributed by atoms with van der Waals surface area (Å²) >= 11 is 5.93. The first-order valence-electron chi connectivity index (χ1n) is 8.52. The van der Waals surface area contributed by atoms with Gasteiger partial charge in [-0.15, -0.1) is 0 Å². The van der Waals surface area contributed by atoms with Crippen LogP contribution in [-0.4, -0.2) is 29.7 Å². The molecule has 0 aliphatic heterocycles. The van der Waals surface area contributed by atoms with Gasteiger partial charge < -0.3 is 15.7 Å². The molecule has 0 aromatic heterocycles. The van der Waals surface area contributed by atoms with Crippen LogP contribution in [0, 0.1) is 5.92 Å². The van der Waals surface area contributed by atoms with Gasteiger partial charge in [-0.05, 0) is 56.2 Å². The summed E-state index contributed by atoms with van der Waals surface area (Å²) in [7, 11) is 0. The molecule has 0 spiro atoms. The van der Waals surface area contributed by atoms with Crippen molar-refractivity contribution in [3.63, 3.8) is 0 Å². The van der Waals surface area contributed by atoms with Crippen molar-refractivity contribution in [3.8, 4) is 0 Å². The van der Waals surface area contributed by atoms with Gasteiger partial charge in [-0.1, -0.05) is 23.7 Å². The van der Waals surface area contributed by atoms with Crippen LogP contribution >= 0.6 is 11.6 Å². The fraction of sp³-hybridized carbons (Fsp3) is 0.556. The highest BCUT2D eigenvalue weighted by molar-refractivity contribution is 6.30. The van der Waals surface area contributed by atoms with Crippen LogP contribution in [-0.2, 0) is 10.2 Å². The van der Waals surface area contributed by atoms with Crippen molar-refractivity contribution in [3.05, 3.63) is 34.9 Å². The van der Waals surface area contributed by atoms with E-state index in [0.29, 0.717) is 19.4 Å². The van der Waals surface area contributed by atoms with Gasteiger partial charge in [0.2, 0.25) is 0 Å². The quantitative estimate of drug-likeness (QED) is 0.762. The number of benzene rings is 1. The van der Waals surface area contributed by atoms with Crippen molar-refractivity contribution in [2.45, 2.75) is 50.0 Å². The Hall–Kier alpha value is -1.75. The topological polar surface area (TPSA) is 78.4 Å². The number of rotatable bonds is 5. The molecule has 2 aliphatic rings. The molecule has 130 valence electrons. The van der Waals surface area contributed by atoms with Crippen LogP contribution in [0.25, 0.3) is 0 Å². The molecule has 0 radical (unpaired) electrons. The number of carboxylic acid groups (broad SMARTS) is 1. The van der Waals surface area contributed by atoms with Crippen LogP contribution in [0.4, 0.5) is 4.79 Å². The standard InChI is InChI=1S/C18H23ClN2O3/c19-14-5-3-13(4-6-14)18(9-10-18)11-20-17(24)21-15-7-1-12(2-8-15)16(22)23/h3-6,12,15H,1-2,7-11H2,(H,22,23)(H2,20,21,24). The summed E-state index contributed by atoms with van der Waals surface area (Å²) < 4.78 is 0. The first kappa shape index (κ1) is 17.1. The van der Waals surface area contributed by atoms with Crippen molar-refractivity contribution in [1.29, 1.82) is 0 Å². The average molecular weight is 351 g/mol. The summed E-state index contributed by atoms with van der Waals surface area (Å²) in [5, 5.41) is 15.7. The van der Waals surface area contributed by atoms with E-state index in [0.717, 1.165) is 30.7 Å². The van der Waals surface area contributed by atoms with Crippen LogP contribution in [0.15, 0.2) is 24.3 Å². The maximum Gasteiger partial charge on any atom is 0.315 e. The number of carbonyl (C=O) groups is 2. The second kappa shape index (κ2) is 7.01. The molecule has 3 rings (SSSR count). The average Bonchev–Trinajstić information content (AvgIpc) is 3.35. The molecule has 5 nitrogen and oxygen atoms in total. The number of hydrogen-bond donors (Lipinski definition) is 3. The first-order valence-corrected chi connectivity index (χ1v) is 8.89. The van der Waals surface area contributed by atoms with E-state index in [4.69, 9.17) is 16.7 Å². The molecule has 2 amide bonds. The van der Waals surface area contributed by atoms with Gasteiger partial charge in [-0.3, -0.25) is 4.79 Å². The zero-order chi connectivity index (χ0) is 17.2. The van der Waals surface area contributed by atoms with Gasteiger partial charge in [0.25, 0.3) is 0 Å². The fourth-order valence-corrected chi connectivity index (χ4v) is 3.62. The monoisotopic (exact) mass is 350 g/mol. The lowest BCUT2D eigenvalue weighted by atomic mass is 9.86. The number of amides is 2. The Bertz CT molecular complexity index is 605. The molecule has 2 fully saturated rings. The minimum absolute atomic E-state index is 0.0445. The van der Waals surface area contributed by atoms with Gasteiger partial charge in [-0.25, -0.2) is 4.79 Å². The minimum Gasteiger partial charge on any atom is -0.481 e. The minimum atomic E-state index is -0.725. The molecule has 0 bridgehead atoms. The largest absolute Gasteiger partial charge is 0.481 e. The molecular formula is C18H23ClN2O3. The summed E-state index contributed by atoms with van der Waals surface area (Å²) in [6, 6.07) is 7.75. The van der Waals surface area contributed by atoms with E-state index >= 15 is 0 Å². The molecule has 1 aromatic rings. The highest BCUT2D eigenvalue weighted by atomic mass is 35.5. The number of aliphatic carboxylic acids is 1.